The van der Waals surface area contributed by atoms with Crippen molar-refractivity contribution in [1.29, 1.82) is 0 Å². The Morgan fingerprint density at radius 2 is 2.10 bits per heavy atom. The van der Waals surface area contributed by atoms with Gasteiger partial charge in [-0.15, -0.1) is 5.01 Å². The maximum Gasteiger partial charge on any atom is 0.314 e. The average Bonchev–Trinajstić information content (AvgIpc) is 2.84. The summed E-state index contributed by atoms with van der Waals surface area (Å²) < 4.78 is 4.95. The minimum atomic E-state index is -1.01. The SMILES string of the molecule is CC(O/N=[N+](\[O-])N1CCC(C(=O)O)C1)OC(=O)C(C)(C)C. The molecule has 0 radical (unpaired) electrons. The fraction of sp³-hybridized carbons (Fsp3) is 0.833. The van der Waals surface area contributed by atoms with Crippen LogP contribution in [-0.2, 0) is 19.2 Å². The van der Waals surface area contributed by atoms with Crippen LogP contribution in [0.4, 0.5) is 0 Å². The largest absolute Gasteiger partial charge is 0.569 e. The van der Waals surface area contributed by atoms with Crippen molar-refractivity contribution in [3.8, 4) is 0 Å². The first kappa shape index (κ1) is 17.0. The van der Waals surface area contributed by atoms with Crippen LogP contribution in [0.25, 0.3) is 0 Å². The number of hydrogen-bond acceptors (Lipinski definition) is 6. The van der Waals surface area contributed by atoms with E-state index < -0.39 is 29.6 Å². The molecule has 1 fully saturated rings. The lowest BCUT2D eigenvalue weighted by Crippen LogP contribution is -2.31. The van der Waals surface area contributed by atoms with Crippen molar-refractivity contribution >= 4 is 11.9 Å². The Morgan fingerprint density at radius 3 is 2.57 bits per heavy atom. The number of carboxylic acid groups (broad SMARTS) is 1. The van der Waals surface area contributed by atoms with Crippen molar-refractivity contribution in [2.24, 2.45) is 16.6 Å². The Bertz CT molecular complexity index is 431. The lowest BCUT2D eigenvalue weighted by atomic mass is 9.97. The molecule has 0 aromatic carbocycles. The van der Waals surface area contributed by atoms with Crippen LogP contribution >= 0.6 is 0 Å². The summed E-state index contributed by atoms with van der Waals surface area (Å²) in [7, 11) is 0. The molecule has 1 aliphatic heterocycles. The third-order valence-electron chi connectivity index (χ3n) is 2.91. The van der Waals surface area contributed by atoms with Gasteiger partial charge in [0, 0.05) is 6.92 Å². The summed E-state index contributed by atoms with van der Waals surface area (Å²) in [5, 5.41) is 24.9. The molecule has 120 valence electrons. The third kappa shape index (κ3) is 5.09. The second-order valence-electron chi connectivity index (χ2n) is 5.90. The van der Waals surface area contributed by atoms with Gasteiger partial charge in [-0.25, -0.2) is 0 Å². The number of hydrazine groups is 1. The fourth-order valence-corrected chi connectivity index (χ4v) is 1.61. The topological polar surface area (TPSA) is 114 Å². The summed E-state index contributed by atoms with van der Waals surface area (Å²) in [5.74, 6) is -2.01. The van der Waals surface area contributed by atoms with Crippen molar-refractivity contribution in [3.63, 3.8) is 0 Å². The Hall–Kier alpha value is -2.06. The van der Waals surface area contributed by atoms with Gasteiger partial charge in [0.15, 0.2) is 0 Å². The van der Waals surface area contributed by atoms with E-state index in [0.29, 0.717) is 6.42 Å². The molecule has 0 bridgehead atoms. The molecule has 2 atom stereocenters. The molecule has 0 amide bonds. The Labute approximate surface area is 122 Å². The van der Waals surface area contributed by atoms with Gasteiger partial charge in [-0.05, 0) is 27.2 Å². The van der Waals surface area contributed by atoms with E-state index >= 15 is 0 Å². The van der Waals surface area contributed by atoms with E-state index in [1.807, 2.05) is 0 Å². The Morgan fingerprint density at radius 1 is 1.48 bits per heavy atom. The summed E-state index contributed by atoms with van der Waals surface area (Å²) in [6, 6.07) is 0. The molecule has 0 aromatic heterocycles. The van der Waals surface area contributed by atoms with Crippen molar-refractivity contribution in [2.45, 2.75) is 40.4 Å². The predicted octanol–water partition coefficient (Wildman–Crippen LogP) is 1.14. The lowest BCUT2D eigenvalue weighted by Gasteiger charge is -2.19. The zero-order valence-electron chi connectivity index (χ0n) is 12.6. The number of rotatable bonds is 5. The zero-order valence-corrected chi connectivity index (χ0v) is 12.6. The second kappa shape index (κ2) is 6.59. The smallest absolute Gasteiger partial charge is 0.314 e. The van der Waals surface area contributed by atoms with Gasteiger partial charge < -0.3 is 15.1 Å². The maximum atomic E-state index is 11.6. The van der Waals surface area contributed by atoms with Crippen LogP contribution in [-0.4, -0.2) is 46.4 Å². The van der Waals surface area contributed by atoms with Gasteiger partial charge in [0.25, 0.3) is 6.29 Å². The third-order valence-corrected chi connectivity index (χ3v) is 2.91. The quantitative estimate of drug-likeness (QED) is 0.266. The molecular weight excluding hydrogens is 282 g/mol. The molecular formula is C12H21N3O6. The second-order valence-corrected chi connectivity index (χ2v) is 5.90. The molecule has 9 nitrogen and oxygen atoms in total. The summed E-state index contributed by atoms with van der Waals surface area (Å²) in [5.41, 5.74) is -0.682. The molecule has 0 aromatic rings. The standard InChI is InChI=1S/C12H21N3O6/c1-8(20-11(18)12(2,3)4)21-13-15(19)14-6-5-9(7-14)10(16)17/h8-9H,5-7H2,1-4H3,(H,16,17)/b15-13-. The molecule has 21 heavy (non-hydrogen) atoms. The Balaban J connectivity index is 2.45. The van der Waals surface area contributed by atoms with Crippen molar-refractivity contribution in [3.05, 3.63) is 5.21 Å². The lowest BCUT2D eigenvalue weighted by molar-refractivity contribution is -0.709. The van der Waals surface area contributed by atoms with E-state index in [1.54, 1.807) is 20.8 Å². The number of ether oxygens (including phenoxy) is 1. The highest BCUT2D eigenvalue weighted by Gasteiger charge is 2.33. The molecule has 1 N–H and O–H groups in total. The number of nitrogens with zero attached hydrogens (tertiary/aromatic N) is 3. The van der Waals surface area contributed by atoms with E-state index in [-0.39, 0.29) is 18.1 Å². The molecule has 2 unspecified atom stereocenters. The first-order valence-corrected chi connectivity index (χ1v) is 6.64. The van der Waals surface area contributed by atoms with Crippen LogP contribution in [0.2, 0.25) is 0 Å². The van der Waals surface area contributed by atoms with Crippen LogP contribution in [0.15, 0.2) is 5.28 Å². The number of carboxylic acids is 1. The van der Waals surface area contributed by atoms with Crippen molar-refractivity contribution < 1.29 is 29.2 Å². The van der Waals surface area contributed by atoms with Gasteiger partial charge in [-0.3, -0.25) is 14.4 Å². The molecule has 9 heteroatoms. The zero-order chi connectivity index (χ0) is 16.2. The summed E-state index contributed by atoms with van der Waals surface area (Å²) in [6.45, 7) is 6.86. The van der Waals surface area contributed by atoms with Crippen LogP contribution in [0.1, 0.15) is 34.1 Å². The number of carbonyl (C=O) groups excluding carboxylic acids is 1. The molecule has 0 spiro atoms. The van der Waals surface area contributed by atoms with E-state index in [2.05, 4.69) is 5.28 Å². The van der Waals surface area contributed by atoms with Gasteiger partial charge in [0.1, 0.15) is 0 Å². The fourth-order valence-electron chi connectivity index (χ4n) is 1.61. The van der Waals surface area contributed by atoms with Crippen molar-refractivity contribution in [1.82, 2.24) is 5.01 Å². The van der Waals surface area contributed by atoms with Gasteiger partial charge >= 0.3 is 11.9 Å². The summed E-state index contributed by atoms with van der Waals surface area (Å²) >= 11 is 0. The van der Waals surface area contributed by atoms with Gasteiger partial charge in [0.2, 0.25) is 5.28 Å². The van der Waals surface area contributed by atoms with E-state index in [1.165, 1.54) is 11.9 Å². The minimum Gasteiger partial charge on any atom is -0.569 e. The van der Waals surface area contributed by atoms with Crippen LogP contribution in [0.3, 0.4) is 0 Å². The monoisotopic (exact) mass is 303 g/mol. The molecule has 1 aliphatic rings. The first-order chi connectivity index (χ1) is 9.61. The van der Waals surface area contributed by atoms with E-state index in [4.69, 9.17) is 14.7 Å². The van der Waals surface area contributed by atoms with Crippen molar-refractivity contribution in [2.75, 3.05) is 13.1 Å². The number of esters is 1. The highest BCUT2D eigenvalue weighted by Crippen LogP contribution is 2.18. The van der Waals surface area contributed by atoms with Crippen LogP contribution in [0.5, 0.6) is 0 Å². The molecule has 1 saturated heterocycles. The molecule has 0 aliphatic carbocycles. The summed E-state index contributed by atoms with van der Waals surface area (Å²) in [6.07, 6.45) is -0.635. The highest BCUT2D eigenvalue weighted by atomic mass is 16.8. The normalized spacial score (nSPS) is 21.0. The number of carbonyl (C=O) groups is 2. The minimum absolute atomic E-state index is 0.0713. The summed E-state index contributed by atoms with van der Waals surface area (Å²) in [4.78, 5) is 27.3. The van der Waals surface area contributed by atoms with Gasteiger partial charge in [-0.2, -0.15) is 0 Å². The maximum absolute atomic E-state index is 11.6. The highest BCUT2D eigenvalue weighted by molar-refractivity contribution is 5.75. The van der Waals surface area contributed by atoms with Gasteiger partial charge in [-0.1, -0.05) is 0 Å². The molecule has 1 rings (SSSR count). The van der Waals surface area contributed by atoms with Crippen LogP contribution in [0, 0.1) is 16.5 Å². The van der Waals surface area contributed by atoms with E-state index in [9.17, 15) is 14.8 Å². The molecule has 0 saturated carbocycles. The number of hydrogen-bond donors (Lipinski definition) is 1. The van der Waals surface area contributed by atoms with Crippen LogP contribution < -0.4 is 0 Å². The first-order valence-electron chi connectivity index (χ1n) is 6.64. The predicted molar refractivity (Wildman–Crippen MR) is 69.5 cm³/mol. The average molecular weight is 303 g/mol. The van der Waals surface area contributed by atoms with E-state index in [0.717, 1.165) is 0 Å². The van der Waals surface area contributed by atoms with Gasteiger partial charge in [0.05, 0.1) is 29.4 Å². The molecule has 1 heterocycles. The Kier molecular flexibility index (Phi) is 5.34. The number of aliphatic carboxylic acids is 1.